The van der Waals surface area contributed by atoms with E-state index in [0.29, 0.717) is 5.92 Å². The molecular formula is C15H27N3O. The van der Waals surface area contributed by atoms with Gasteiger partial charge in [-0.25, -0.2) is 0 Å². The molecule has 1 amide bonds. The Morgan fingerprint density at radius 1 is 1.21 bits per heavy atom. The zero-order valence-corrected chi connectivity index (χ0v) is 12.0. The Balaban J connectivity index is 1.44. The van der Waals surface area contributed by atoms with Crippen molar-refractivity contribution in [2.75, 3.05) is 20.1 Å². The topological polar surface area (TPSA) is 44.4 Å². The van der Waals surface area contributed by atoms with Gasteiger partial charge in [-0.2, -0.15) is 0 Å². The molecule has 2 N–H and O–H groups in total. The fraction of sp³-hybridized carbons (Fsp3) is 0.933. The van der Waals surface area contributed by atoms with E-state index in [9.17, 15) is 4.79 Å². The summed E-state index contributed by atoms with van der Waals surface area (Å²) >= 11 is 0. The van der Waals surface area contributed by atoms with E-state index in [4.69, 9.17) is 0 Å². The van der Waals surface area contributed by atoms with E-state index < -0.39 is 0 Å². The fourth-order valence-corrected chi connectivity index (χ4v) is 4.13. The number of amides is 1. The summed E-state index contributed by atoms with van der Waals surface area (Å²) < 4.78 is 0. The van der Waals surface area contributed by atoms with Crippen LogP contribution in [0.2, 0.25) is 0 Å². The maximum Gasteiger partial charge on any atom is 0.237 e. The minimum atomic E-state index is 0.0664. The molecule has 0 aliphatic carbocycles. The second kappa shape index (κ2) is 5.80. The Hall–Kier alpha value is -0.610. The van der Waals surface area contributed by atoms with Crippen LogP contribution in [0.4, 0.5) is 0 Å². The first-order valence-electron chi connectivity index (χ1n) is 7.97. The van der Waals surface area contributed by atoms with Crippen LogP contribution in [0.1, 0.15) is 44.9 Å². The molecule has 3 unspecified atom stereocenters. The molecule has 0 radical (unpaired) electrons. The standard InChI is InChI=1S/C15H27N3O/c1-18-12-5-6-13(18)9-11(8-12)10-17-15(19)14-4-2-3-7-16-14/h11-14,16H,2-10H2,1H3,(H,17,19). The van der Waals surface area contributed by atoms with Crippen LogP contribution in [0, 0.1) is 5.92 Å². The third kappa shape index (κ3) is 2.95. The number of carbonyl (C=O) groups is 1. The fourth-order valence-electron chi connectivity index (χ4n) is 4.13. The maximum absolute atomic E-state index is 12.1. The van der Waals surface area contributed by atoms with Crippen LogP contribution < -0.4 is 10.6 Å². The highest BCUT2D eigenvalue weighted by Gasteiger charge is 2.38. The van der Waals surface area contributed by atoms with Crippen molar-refractivity contribution < 1.29 is 4.79 Å². The molecule has 3 rings (SSSR count). The van der Waals surface area contributed by atoms with Gasteiger partial charge < -0.3 is 15.5 Å². The molecule has 3 saturated heterocycles. The lowest BCUT2D eigenvalue weighted by Crippen LogP contribution is -2.49. The molecule has 4 nitrogen and oxygen atoms in total. The number of hydrogen-bond acceptors (Lipinski definition) is 3. The van der Waals surface area contributed by atoms with Gasteiger partial charge in [0.1, 0.15) is 0 Å². The van der Waals surface area contributed by atoms with Gasteiger partial charge >= 0.3 is 0 Å². The molecule has 0 aromatic rings. The van der Waals surface area contributed by atoms with E-state index in [2.05, 4.69) is 22.6 Å². The molecule has 3 heterocycles. The van der Waals surface area contributed by atoms with Crippen LogP contribution in [0.15, 0.2) is 0 Å². The second-order valence-corrected chi connectivity index (χ2v) is 6.64. The lowest BCUT2D eigenvalue weighted by molar-refractivity contribution is -0.124. The highest BCUT2D eigenvalue weighted by molar-refractivity contribution is 5.81. The van der Waals surface area contributed by atoms with Crippen LogP contribution in [0.25, 0.3) is 0 Å². The summed E-state index contributed by atoms with van der Waals surface area (Å²) in [7, 11) is 2.27. The molecule has 0 spiro atoms. The number of nitrogens with zero attached hydrogens (tertiary/aromatic N) is 1. The summed E-state index contributed by atoms with van der Waals surface area (Å²) in [6, 6.07) is 1.61. The first-order chi connectivity index (χ1) is 9.24. The summed E-state index contributed by atoms with van der Waals surface area (Å²) in [5.41, 5.74) is 0. The Bertz CT molecular complexity index is 313. The van der Waals surface area contributed by atoms with E-state index in [-0.39, 0.29) is 11.9 Å². The summed E-state index contributed by atoms with van der Waals surface area (Å²) in [5.74, 6) is 0.923. The zero-order chi connectivity index (χ0) is 13.2. The second-order valence-electron chi connectivity index (χ2n) is 6.64. The van der Waals surface area contributed by atoms with E-state index in [1.807, 2.05) is 0 Å². The Morgan fingerprint density at radius 3 is 2.58 bits per heavy atom. The summed E-state index contributed by atoms with van der Waals surface area (Å²) in [5, 5.41) is 6.51. The van der Waals surface area contributed by atoms with Gasteiger partial charge in [-0.3, -0.25) is 4.79 Å². The minimum Gasteiger partial charge on any atom is -0.354 e. The molecular weight excluding hydrogens is 238 g/mol. The molecule has 3 aliphatic heterocycles. The van der Waals surface area contributed by atoms with Gasteiger partial charge in [0.25, 0.3) is 0 Å². The smallest absolute Gasteiger partial charge is 0.237 e. The van der Waals surface area contributed by atoms with Crippen molar-refractivity contribution in [2.24, 2.45) is 5.92 Å². The highest BCUT2D eigenvalue weighted by Crippen LogP contribution is 2.36. The van der Waals surface area contributed by atoms with Crippen LogP contribution in [-0.2, 0) is 4.79 Å². The van der Waals surface area contributed by atoms with E-state index in [0.717, 1.165) is 31.6 Å². The first kappa shape index (κ1) is 13.4. The van der Waals surface area contributed by atoms with Crippen LogP contribution in [0.3, 0.4) is 0 Å². The van der Waals surface area contributed by atoms with Crippen LogP contribution in [-0.4, -0.2) is 49.1 Å². The van der Waals surface area contributed by atoms with E-state index in [1.54, 1.807) is 0 Å². The molecule has 0 saturated carbocycles. The predicted octanol–water partition coefficient (Wildman–Crippen LogP) is 1.12. The van der Waals surface area contributed by atoms with Crippen molar-refractivity contribution in [3.05, 3.63) is 0 Å². The number of carbonyl (C=O) groups excluding carboxylic acids is 1. The van der Waals surface area contributed by atoms with Gasteiger partial charge in [-0.15, -0.1) is 0 Å². The van der Waals surface area contributed by atoms with Crippen LogP contribution >= 0.6 is 0 Å². The van der Waals surface area contributed by atoms with E-state index >= 15 is 0 Å². The third-order valence-corrected chi connectivity index (χ3v) is 5.39. The molecule has 3 aliphatic rings. The summed E-state index contributed by atoms with van der Waals surface area (Å²) in [4.78, 5) is 14.7. The quantitative estimate of drug-likeness (QED) is 0.804. The normalized spacial score (nSPS) is 39.2. The number of piperidine rings is 2. The van der Waals surface area contributed by atoms with Crippen molar-refractivity contribution in [1.82, 2.24) is 15.5 Å². The van der Waals surface area contributed by atoms with Crippen molar-refractivity contribution >= 4 is 5.91 Å². The Labute approximate surface area is 116 Å². The lowest BCUT2D eigenvalue weighted by atomic mass is 9.91. The van der Waals surface area contributed by atoms with Crippen molar-refractivity contribution in [3.8, 4) is 0 Å². The minimum absolute atomic E-state index is 0.0664. The predicted molar refractivity (Wildman–Crippen MR) is 75.9 cm³/mol. The van der Waals surface area contributed by atoms with Gasteiger partial charge in [-0.1, -0.05) is 6.42 Å². The molecule has 0 aromatic heterocycles. The Morgan fingerprint density at radius 2 is 1.95 bits per heavy atom. The van der Waals surface area contributed by atoms with Gasteiger partial charge in [-0.05, 0) is 58.0 Å². The third-order valence-electron chi connectivity index (χ3n) is 5.39. The first-order valence-corrected chi connectivity index (χ1v) is 7.97. The molecule has 2 bridgehead atoms. The number of fused-ring (bicyclic) bond motifs is 2. The summed E-state index contributed by atoms with van der Waals surface area (Å²) in [6.45, 7) is 1.88. The van der Waals surface area contributed by atoms with Crippen LogP contribution in [0.5, 0.6) is 0 Å². The van der Waals surface area contributed by atoms with Gasteiger partial charge in [0.05, 0.1) is 6.04 Å². The number of hydrogen-bond donors (Lipinski definition) is 2. The molecule has 108 valence electrons. The van der Waals surface area contributed by atoms with Crippen molar-refractivity contribution in [1.29, 1.82) is 0 Å². The molecule has 4 heteroatoms. The lowest BCUT2D eigenvalue weighted by Gasteiger charge is -2.36. The average Bonchev–Trinajstić information content (AvgIpc) is 2.68. The van der Waals surface area contributed by atoms with E-state index in [1.165, 1.54) is 38.5 Å². The molecule has 19 heavy (non-hydrogen) atoms. The average molecular weight is 265 g/mol. The monoisotopic (exact) mass is 265 g/mol. The SMILES string of the molecule is CN1C2CCC1CC(CNC(=O)C1CCCCN1)C2. The van der Waals surface area contributed by atoms with Crippen molar-refractivity contribution in [2.45, 2.75) is 63.1 Å². The Kier molecular flexibility index (Phi) is 4.08. The largest absolute Gasteiger partial charge is 0.354 e. The molecule has 0 aromatic carbocycles. The number of nitrogens with one attached hydrogen (secondary N) is 2. The van der Waals surface area contributed by atoms with Crippen molar-refractivity contribution in [3.63, 3.8) is 0 Å². The number of rotatable bonds is 3. The molecule has 3 atom stereocenters. The maximum atomic E-state index is 12.1. The van der Waals surface area contributed by atoms with Gasteiger partial charge in [0.15, 0.2) is 0 Å². The van der Waals surface area contributed by atoms with Gasteiger partial charge in [0, 0.05) is 18.6 Å². The zero-order valence-electron chi connectivity index (χ0n) is 12.0. The molecule has 3 fully saturated rings. The van der Waals surface area contributed by atoms with Gasteiger partial charge in [0.2, 0.25) is 5.91 Å². The summed E-state index contributed by atoms with van der Waals surface area (Å²) in [6.07, 6.45) is 8.65. The highest BCUT2D eigenvalue weighted by atomic mass is 16.2.